The number of hydrogen-bond donors (Lipinski definition) is 1. The van der Waals surface area contributed by atoms with E-state index in [0.717, 1.165) is 42.1 Å². The van der Waals surface area contributed by atoms with E-state index in [1.54, 1.807) is 13.2 Å². The quantitative estimate of drug-likeness (QED) is 0.283. The molecule has 2 heterocycles. The van der Waals surface area contributed by atoms with E-state index in [1.807, 2.05) is 18.4 Å². The Morgan fingerprint density at radius 1 is 1.20 bits per heavy atom. The van der Waals surface area contributed by atoms with Gasteiger partial charge in [-0.25, -0.2) is 4.79 Å². The van der Waals surface area contributed by atoms with Crippen LogP contribution in [0.2, 0.25) is 0 Å². The predicted octanol–water partition coefficient (Wildman–Crippen LogP) is 1.73. The number of ketones is 1. The Morgan fingerprint density at radius 3 is 2.57 bits per heavy atom. The first kappa shape index (κ1) is 22.0. The number of nitrogens with one attached hydrogen (secondary N) is 1. The maximum Gasteiger partial charge on any atom is 0.326 e. The molecule has 0 unspecified atom stereocenters. The van der Waals surface area contributed by atoms with Gasteiger partial charge in [-0.15, -0.1) is 0 Å². The lowest BCUT2D eigenvalue weighted by molar-refractivity contribution is -0.146. The van der Waals surface area contributed by atoms with Crippen LogP contribution >= 0.6 is 0 Å². The van der Waals surface area contributed by atoms with Gasteiger partial charge in [-0.2, -0.15) is 0 Å². The van der Waals surface area contributed by atoms with Gasteiger partial charge in [0.25, 0.3) is 5.91 Å². The molecule has 1 N–H and O–H groups in total. The molecule has 1 saturated carbocycles. The summed E-state index contributed by atoms with van der Waals surface area (Å²) in [6.45, 7) is 4.20. The maximum absolute atomic E-state index is 12.6. The lowest BCUT2D eigenvalue weighted by Crippen LogP contribution is -2.44. The SMILES string of the molecule is COCCCn1c(C)cc(C(=O)COC(=O)CN2C(=O)NC3(CCCC3)C2=O)c1C. The lowest BCUT2D eigenvalue weighted by Gasteiger charge is -2.19. The summed E-state index contributed by atoms with van der Waals surface area (Å²) in [6.07, 6.45) is 3.72. The summed E-state index contributed by atoms with van der Waals surface area (Å²) >= 11 is 0. The molecule has 1 spiro atoms. The predicted molar refractivity (Wildman–Crippen MR) is 107 cm³/mol. The standard InChI is InChI=1S/C21H29N3O6/c1-14-11-16(15(2)23(14)9-6-10-29-3)17(25)13-30-18(26)12-24-19(27)21(22-20(24)28)7-4-5-8-21/h11H,4-10,12-13H2,1-3H3,(H,22,28). The summed E-state index contributed by atoms with van der Waals surface area (Å²) < 4.78 is 12.2. The molecule has 0 atom stereocenters. The van der Waals surface area contributed by atoms with E-state index in [0.29, 0.717) is 25.0 Å². The summed E-state index contributed by atoms with van der Waals surface area (Å²) in [5.41, 5.74) is 1.38. The molecule has 9 heteroatoms. The molecule has 1 saturated heterocycles. The van der Waals surface area contributed by atoms with Gasteiger partial charge < -0.3 is 19.4 Å². The van der Waals surface area contributed by atoms with E-state index in [4.69, 9.17) is 9.47 Å². The first-order valence-electron chi connectivity index (χ1n) is 10.3. The number of aryl methyl sites for hydroxylation is 1. The van der Waals surface area contributed by atoms with Gasteiger partial charge in [-0.3, -0.25) is 19.3 Å². The molecule has 164 valence electrons. The number of carbonyl (C=O) groups excluding carboxylic acids is 4. The van der Waals surface area contributed by atoms with Crippen LogP contribution in [0.5, 0.6) is 0 Å². The zero-order valence-electron chi connectivity index (χ0n) is 17.8. The van der Waals surface area contributed by atoms with E-state index in [1.165, 1.54) is 0 Å². The normalized spacial score (nSPS) is 17.6. The smallest absolute Gasteiger partial charge is 0.326 e. The van der Waals surface area contributed by atoms with Crippen molar-refractivity contribution < 1.29 is 28.7 Å². The average molecular weight is 419 g/mol. The summed E-state index contributed by atoms with van der Waals surface area (Å²) in [7, 11) is 1.64. The Balaban J connectivity index is 1.55. The zero-order valence-corrected chi connectivity index (χ0v) is 17.8. The van der Waals surface area contributed by atoms with Gasteiger partial charge in [0.1, 0.15) is 12.1 Å². The summed E-state index contributed by atoms with van der Waals surface area (Å²) in [4.78, 5) is 50.4. The van der Waals surface area contributed by atoms with Crippen LogP contribution in [0.15, 0.2) is 6.07 Å². The van der Waals surface area contributed by atoms with Crippen molar-refractivity contribution in [3.63, 3.8) is 0 Å². The van der Waals surface area contributed by atoms with Crippen LogP contribution in [0.4, 0.5) is 4.79 Å². The van der Waals surface area contributed by atoms with E-state index in [9.17, 15) is 19.2 Å². The molecule has 9 nitrogen and oxygen atoms in total. The Bertz CT molecular complexity index is 853. The number of esters is 1. The number of hydrogen-bond acceptors (Lipinski definition) is 6. The van der Waals surface area contributed by atoms with Crippen LogP contribution < -0.4 is 5.32 Å². The summed E-state index contributed by atoms with van der Waals surface area (Å²) in [5, 5.41) is 2.71. The van der Waals surface area contributed by atoms with Gasteiger partial charge in [0.05, 0.1) is 0 Å². The summed E-state index contributed by atoms with van der Waals surface area (Å²) in [6, 6.07) is 1.20. The van der Waals surface area contributed by atoms with E-state index in [2.05, 4.69) is 5.32 Å². The fraction of sp³-hybridized carbons (Fsp3) is 0.619. The highest BCUT2D eigenvalue weighted by Crippen LogP contribution is 2.34. The second-order valence-corrected chi connectivity index (χ2v) is 7.98. The van der Waals surface area contributed by atoms with Crippen LogP contribution in [-0.2, 0) is 25.6 Å². The van der Waals surface area contributed by atoms with Crippen molar-refractivity contribution in [2.45, 2.75) is 58.0 Å². The first-order valence-corrected chi connectivity index (χ1v) is 10.3. The highest BCUT2D eigenvalue weighted by molar-refractivity contribution is 6.09. The number of amides is 3. The fourth-order valence-corrected chi connectivity index (χ4v) is 4.33. The molecule has 30 heavy (non-hydrogen) atoms. The Morgan fingerprint density at radius 2 is 1.90 bits per heavy atom. The third kappa shape index (κ3) is 4.26. The molecule has 0 bridgehead atoms. The van der Waals surface area contributed by atoms with E-state index < -0.39 is 30.7 Å². The van der Waals surface area contributed by atoms with Crippen molar-refractivity contribution in [1.29, 1.82) is 0 Å². The number of Topliss-reactive ketones (excluding diaryl/α,β-unsaturated/α-hetero) is 1. The Labute approximate surface area is 175 Å². The zero-order chi connectivity index (χ0) is 21.9. The van der Waals surface area contributed by atoms with Crippen molar-refractivity contribution >= 4 is 23.7 Å². The minimum Gasteiger partial charge on any atom is -0.456 e. The van der Waals surface area contributed by atoms with Crippen molar-refractivity contribution in [3.8, 4) is 0 Å². The molecule has 3 rings (SSSR count). The minimum absolute atomic E-state index is 0.320. The molecule has 1 aliphatic heterocycles. The lowest BCUT2D eigenvalue weighted by atomic mass is 9.98. The van der Waals surface area contributed by atoms with Crippen LogP contribution in [0.1, 0.15) is 53.8 Å². The molecule has 1 aromatic heterocycles. The molecule has 3 amide bonds. The number of methoxy groups -OCH3 is 1. The second kappa shape index (κ2) is 8.99. The number of rotatable bonds is 9. The molecule has 2 fully saturated rings. The topological polar surface area (TPSA) is 107 Å². The van der Waals surface area contributed by atoms with Crippen LogP contribution in [0.25, 0.3) is 0 Å². The van der Waals surface area contributed by atoms with Gasteiger partial charge in [0.2, 0.25) is 5.78 Å². The third-order valence-corrected chi connectivity index (χ3v) is 5.96. The van der Waals surface area contributed by atoms with Crippen LogP contribution in [0, 0.1) is 13.8 Å². The highest BCUT2D eigenvalue weighted by Gasteiger charge is 2.52. The largest absolute Gasteiger partial charge is 0.456 e. The van der Waals surface area contributed by atoms with Gasteiger partial charge >= 0.3 is 12.0 Å². The number of carbonyl (C=O) groups is 4. The number of urea groups is 1. The Hall–Kier alpha value is -2.68. The number of imide groups is 1. The van der Waals surface area contributed by atoms with E-state index >= 15 is 0 Å². The molecule has 1 aliphatic carbocycles. The minimum atomic E-state index is -0.868. The number of aromatic nitrogens is 1. The average Bonchev–Trinajstić information content (AvgIpc) is 3.35. The van der Waals surface area contributed by atoms with Crippen LogP contribution in [-0.4, -0.2) is 65.6 Å². The molecular weight excluding hydrogens is 390 g/mol. The molecule has 0 aromatic carbocycles. The molecular formula is C21H29N3O6. The summed E-state index contributed by atoms with van der Waals surface area (Å²) in [5.74, 6) is -1.48. The van der Waals surface area contributed by atoms with E-state index in [-0.39, 0.29) is 11.7 Å². The van der Waals surface area contributed by atoms with Gasteiger partial charge in [0, 0.05) is 37.2 Å². The van der Waals surface area contributed by atoms with Crippen molar-refractivity contribution in [3.05, 3.63) is 23.0 Å². The van der Waals surface area contributed by atoms with Gasteiger partial charge in [0.15, 0.2) is 6.61 Å². The van der Waals surface area contributed by atoms with Gasteiger partial charge in [-0.1, -0.05) is 12.8 Å². The Kier molecular flexibility index (Phi) is 6.60. The third-order valence-electron chi connectivity index (χ3n) is 5.96. The highest BCUT2D eigenvalue weighted by atomic mass is 16.5. The van der Waals surface area contributed by atoms with Crippen molar-refractivity contribution in [2.24, 2.45) is 0 Å². The second-order valence-electron chi connectivity index (χ2n) is 7.98. The van der Waals surface area contributed by atoms with Crippen molar-refractivity contribution in [2.75, 3.05) is 26.9 Å². The molecule has 0 radical (unpaired) electrons. The number of nitrogens with zero attached hydrogens (tertiary/aromatic N) is 2. The van der Waals surface area contributed by atoms with Gasteiger partial charge in [-0.05, 0) is 39.2 Å². The number of ether oxygens (including phenoxy) is 2. The molecule has 2 aliphatic rings. The fourth-order valence-electron chi connectivity index (χ4n) is 4.33. The van der Waals surface area contributed by atoms with Crippen LogP contribution in [0.3, 0.4) is 0 Å². The molecule has 1 aromatic rings. The van der Waals surface area contributed by atoms with Crippen molar-refractivity contribution in [1.82, 2.24) is 14.8 Å². The maximum atomic E-state index is 12.6. The monoisotopic (exact) mass is 419 g/mol. The first-order chi connectivity index (χ1) is 14.3.